The number of fused-ring (bicyclic) bond motifs is 1. The SMILES string of the molecule is CCOC(=O)C1=Cc2cccc(OC(=S)N(C)C)c2C1C. The summed E-state index contributed by atoms with van der Waals surface area (Å²) >= 11 is 5.19. The molecule has 1 aliphatic rings. The molecule has 0 amide bonds. The van der Waals surface area contributed by atoms with E-state index in [-0.39, 0.29) is 11.9 Å². The molecule has 1 aliphatic carbocycles. The van der Waals surface area contributed by atoms with Crippen LogP contribution in [0.1, 0.15) is 30.9 Å². The van der Waals surface area contributed by atoms with E-state index >= 15 is 0 Å². The van der Waals surface area contributed by atoms with Crippen LogP contribution in [0, 0.1) is 0 Å². The molecule has 0 bridgehead atoms. The Labute approximate surface area is 130 Å². The topological polar surface area (TPSA) is 38.8 Å². The molecule has 112 valence electrons. The van der Waals surface area contributed by atoms with Crippen LogP contribution in [0.25, 0.3) is 6.08 Å². The molecule has 0 saturated heterocycles. The summed E-state index contributed by atoms with van der Waals surface area (Å²) in [7, 11) is 3.66. The molecule has 1 aromatic rings. The zero-order valence-corrected chi connectivity index (χ0v) is 13.5. The number of carbonyl (C=O) groups excluding carboxylic acids is 1. The van der Waals surface area contributed by atoms with Gasteiger partial charge in [0.05, 0.1) is 6.61 Å². The smallest absolute Gasteiger partial charge is 0.334 e. The fraction of sp³-hybridized carbons (Fsp3) is 0.375. The monoisotopic (exact) mass is 305 g/mol. The Kier molecular flexibility index (Phi) is 4.63. The largest absolute Gasteiger partial charge is 0.463 e. The first-order valence-electron chi connectivity index (χ1n) is 6.86. The molecule has 1 aromatic carbocycles. The van der Waals surface area contributed by atoms with E-state index in [0.717, 1.165) is 11.1 Å². The van der Waals surface area contributed by atoms with Gasteiger partial charge in [0.15, 0.2) is 0 Å². The summed E-state index contributed by atoms with van der Waals surface area (Å²) < 4.78 is 10.9. The van der Waals surface area contributed by atoms with Crippen molar-refractivity contribution in [3.05, 3.63) is 34.9 Å². The molecule has 0 spiro atoms. The summed E-state index contributed by atoms with van der Waals surface area (Å²) in [5.41, 5.74) is 2.60. The number of ether oxygens (including phenoxy) is 2. The summed E-state index contributed by atoms with van der Waals surface area (Å²) in [6.45, 7) is 4.14. The first-order valence-corrected chi connectivity index (χ1v) is 7.27. The Morgan fingerprint density at radius 2 is 2.10 bits per heavy atom. The van der Waals surface area contributed by atoms with Crippen molar-refractivity contribution in [2.24, 2.45) is 0 Å². The van der Waals surface area contributed by atoms with Gasteiger partial charge in [-0.1, -0.05) is 19.1 Å². The average Bonchev–Trinajstić information content (AvgIpc) is 2.77. The normalized spacial score (nSPS) is 16.0. The van der Waals surface area contributed by atoms with Gasteiger partial charge in [0, 0.05) is 31.1 Å². The second-order valence-corrected chi connectivity index (χ2v) is 5.41. The van der Waals surface area contributed by atoms with Crippen LogP contribution < -0.4 is 4.74 Å². The molecule has 1 atom stereocenters. The standard InChI is InChI=1S/C16H19NO3S/c1-5-19-15(18)12-9-11-7-6-8-13(14(11)10(12)2)20-16(21)17(3)4/h6-10H,5H2,1-4H3. The Morgan fingerprint density at radius 1 is 1.38 bits per heavy atom. The van der Waals surface area contributed by atoms with E-state index in [1.165, 1.54) is 0 Å². The van der Waals surface area contributed by atoms with E-state index in [9.17, 15) is 4.79 Å². The summed E-state index contributed by atoms with van der Waals surface area (Å²) in [4.78, 5) is 13.7. The highest BCUT2D eigenvalue weighted by Gasteiger charge is 2.30. The average molecular weight is 305 g/mol. The maximum atomic E-state index is 12.0. The van der Waals surface area contributed by atoms with Crippen LogP contribution in [-0.2, 0) is 9.53 Å². The number of esters is 1. The molecule has 0 N–H and O–H groups in total. The van der Waals surface area contributed by atoms with Gasteiger partial charge in [-0.3, -0.25) is 0 Å². The summed E-state index contributed by atoms with van der Waals surface area (Å²) in [6.07, 6.45) is 1.86. The van der Waals surface area contributed by atoms with E-state index < -0.39 is 0 Å². The summed E-state index contributed by atoms with van der Waals surface area (Å²) in [6, 6.07) is 5.72. The number of hydrogen-bond donors (Lipinski definition) is 0. The molecule has 0 fully saturated rings. The number of benzene rings is 1. The van der Waals surface area contributed by atoms with Crippen LogP contribution in [0.5, 0.6) is 5.75 Å². The first-order chi connectivity index (χ1) is 9.95. The molecule has 21 heavy (non-hydrogen) atoms. The van der Waals surface area contributed by atoms with Crippen molar-refractivity contribution < 1.29 is 14.3 Å². The highest BCUT2D eigenvalue weighted by molar-refractivity contribution is 7.80. The molecule has 0 radical (unpaired) electrons. The molecular weight excluding hydrogens is 286 g/mol. The number of hydrogen-bond acceptors (Lipinski definition) is 4. The van der Waals surface area contributed by atoms with Crippen molar-refractivity contribution in [3.8, 4) is 5.75 Å². The van der Waals surface area contributed by atoms with Crippen LogP contribution in [0.15, 0.2) is 23.8 Å². The lowest BCUT2D eigenvalue weighted by Gasteiger charge is -2.18. The quantitative estimate of drug-likeness (QED) is 0.634. The third-order valence-corrected chi connectivity index (χ3v) is 3.83. The van der Waals surface area contributed by atoms with Gasteiger partial charge in [0.25, 0.3) is 5.17 Å². The minimum absolute atomic E-state index is 0.0692. The van der Waals surface area contributed by atoms with Crippen LogP contribution in [0.4, 0.5) is 0 Å². The predicted octanol–water partition coefficient (Wildman–Crippen LogP) is 2.98. The Bertz CT molecular complexity index is 608. The zero-order chi connectivity index (χ0) is 15.6. The molecule has 4 nitrogen and oxygen atoms in total. The van der Waals surface area contributed by atoms with Crippen LogP contribution >= 0.6 is 12.2 Å². The van der Waals surface area contributed by atoms with Crippen LogP contribution in [0.3, 0.4) is 0 Å². The number of thiocarbonyl (C=S) groups is 1. The maximum absolute atomic E-state index is 12.0. The molecule has 0 saturated carbocycles. The van der Waals surface area contributed by atoms with Gasteiger partial charge in [-0.15, -0.1) is 0 Å². The van der Waals surface area contributed by atoms with Crippen molar-refractivity contribution >= 4 is 29.4 Å². The second kappa shape index (κ2) is 6.26. The highest BCUT2D eigenvalue weighted by Crippen LogP contribution is 2.42. The van der Waals surface area contributed by atoms with Crippen molar-refractivity contribution in [1.82, 2.24) is 4.90 Å². The Hall–Kier alpha value is -1.88. The van der Waals surface area contributed by atoms with Crippen molar-refractivity contribution in [3.63, 3.8) is 0 Å². The molecule has 0 aromatic heterocycles. The zero-order valence-electron chi connectivity index (χ0n) is 12.7. The number of rotatable bonds is 3. The third-order valence-electron chi connectivity index (χ3n) is 3.38. The van der Waals surface area contributed by atoms with Crippen molar-refractivity contribution in [2.75, 3.05) is 20.7 Å². The number of nitrogens with zero attached hydrogens (tertiary/aromatic N) is 1. The van der Waals surface area contributed by atoms with Crippen LogP contribution in [0.2, 0.25) is 0 Å². The van der Waals surface area contributed by atoms with E-state index in [1.54, 1.807) is 11.8 Å². The van der Waals surface area contributed by atoms with Crippen molar-refractivity contribution in [1.29, 1.82) is 0 Å². The fourth-order valence-electron chi connectivity index (χ4n) is 2.32. The third kappa shape index (κ3) is 3.08. The van der Waals surface area contributed by atoms with Gasteiger partial charge in [-0.2, -0.15) is 0 Å². The molecule has 0 heterocycles. The minimum atomic E-state index is -0.276. The first kappa shape index (κ1) is 15.5. The minimum Gasteiger partial charge on any atom is -0.463 e. The Morgan fingerprint density at radius 3 is 2.71 bits per heavy atom. The highest BCUT2D eigenvalue weighted by atomic mass is 32.1. The Balaban J connectivity index is 2.31. The van der Waals surface area contributed by atoms with Gasteiger partial charge in [-0.05, 0) is 36.8 Å². The van der Waals surface area contributed by atoms with Gasteiger partial charge in [0.1, 0.15) is 5.75 Å². The molecular formula is C16H19NO3S. The van der Waals surface area contributed by atoms with Gasteiger partial charge in [0.2, 0.25) is 0 Å². The lowest BCUT2D eigenvalue weighted by atomic mass is 9.97. The van der Waals surface area contributed by atoms with Gasteiger partial charge < -0.3 is 14.4 Å². The van der Waals surface area contributed by atoms with Crippen LogP contribution in [-0.4, -0.2) is 36.7 Å². The summed E-state index contributed by atoms with van der Waals surface area (Å²) in [5.74, 6) is 0.344. The maximum Gasteiger partial charge on any atom is 0.334 e. The second-order valence-electron chi connectivity index (χ2n) is 5.06. The van der Waals surface area contributed by atoms with Crippen molar-refractivity contribution in [2.45, 2.75) is 19.8 Å². The fourth-order valence-corrected chi connectivity index (χ4v) is 2.41. The van der Waals surface area contributed by atoms with E-state index in [1.807, 2.05) is 45.3 Å². The molecule has 5 heteroatoms. The van der Waals surface area contributed by atoms with E-state index in [0.29, 0.717) is 23.1 Å². The molecule has 0 aliphatic heterocycles. The predicted molar refractivity (Wildman–Crippen MR) is 86.4 cm³/mol. The summed E-state index contributed by atoms with van der Waals surface area (Å²) in [5, 5.41) is 0.389. The van der Waals surface area contributed by atoms with E-state index in [2.05, 4.69) is 0 Å². The molecule has 1 unspecified atom stereocenters. The number of carbonyl (C=O) groups is 1. The van der Waals surface area contributed by atoms with Gasteiger partial charge >= 0.3 is 5.97 Å². The van der Waals surface area contributed by atoms with E-state index in [4.69, 9.17) is 21.7 Å². The molecule has 2 rings (SSSR count). The lowest BCUT2D eigenvalue weighted by Crippen LogP contribution is -2.25. The lowest BCUT2D eigenvalue weighted by molar-refractivity contribution is -0.138. The van der Waals surface area contributed by atoms with Gasteiger partial charge in [-0.25, -0.2) is 4.79 Å².